The van der Waals surface area contributed by atoms with Crippen LogP contribution in [0.5, 0.6) is 5.75 Å². The molecule has 0 spiro atoms. The molecule has 2 aromatic carbocycles. The highest BCUT2D eigenvalue weighted by atomic mass is 19.1. The normalized spacial score (nSPS) is 16.8. The van der Waals surface area contributed by atoms with Crippen molar-refractivity contribution in [2.24, 2.45) is 0 Å². The van der Waals surface area contributed by atoms with Crippen LogP contribution in [-0.4, -0.2) is 24.0 Å². The van der Waals surface area contributed by atoms with E-state index in [4.69, 9.17) is 4.74 Å². The number of rotatable bonds is 4. The van der Waals surface area contributed by atoms with Crippen LogP contribution in [0.2, 0.25) is 0 Å². The molecule has 26 heavy (non-hydrogen) atoms. The van der Waals surface area contributed by atoms with E-state index in [0.717, 1.165) is 12.1 Å². The summed E-state index contributed by atoms with van der Waals surface area (Å²) < 4.78 is 32.7. The van der Waals surface area contributed by atoms with Crippen molar-refractivity contribution in [2.75, 3.05) is 16.0 Å². The van der Waals surface area contributed by atoms with E-state index in [9.17, 15) is 18.4 Å². The number of halogens is 2. The lowest BCUT2D eigenvalue weighted by Gasteiger charge is -2.24. The highest BCUT2D eigenvalue weighted by Gasteiger charge is 2.24. The van der Waals surface area contributed by atoms with Crippen LogP contribution in [0, 0.1) is 11.6 Å². The van der Waals surface area contributed by atoms with Gasteiger partial charge in [0, 0.05) is 5.69 Å². The van der Waals surface area contributed by atoms with Gasteiger partial charge in [-0.25, -0.2) is 8.78 Å². The van der Waals surface area contributed by atoms with E-state index in [1.165, 1.54) is 6.07 Å². The van der Waals surface area contributed by atoms with Crippen molar-refractivity contribution in [3.63, 3.8) is 0 Å². The molecule has 3 rings (SSSR count). The summed E-state index contributed by atoms with van der Waals surface area (Å²) in [5.74, 6) is -2.06. The van der Waals surface area contributed by atoms with E-state index in [1.807, 2.05) is 0 Å². The first-order valence-corrected chi connectivity index (χ1v) is 7.98. The third kappa shape index (κ3) is 3.58. The summed E-state index contributed by atoms with van der Waals surface area (Å²) in [5, 5.41) is 7.84. The predicted octanol–water partition coefficient (Wildman–Crippen LogP) is 3.12. The molecular weight excluding hydrogens is 344 g/mol. The van der Waals surface area contributed by atoms with Gasteiger partial charge in [0.1, 0.15) is 29.1 Å². The lowest BCUT2D eigenvalue weighted by atomic mass is 10.2. The number of fused-ring (bicyclic) bond motifs is 1. The molecule has 0 fully saturated rings. The molecular formula is C18H17F2N3O3. The number of ether oxygens (including phenoxy) is 1. The van der Waals surface area contributed by atoms with Crippen molar-refractivity contribution in [1.29, 1.82) is 0 Å². The molecule has 0 saturated carbocycles. The van der Waals surface area contributed by atoms with Gasteiger partial charge in [0.25, 0.3) is 5.91 Å². The van der Waals surface area contributed by atoms with Crippen LogP contribution < -0.4 is 20.7 Å². The van der Waals surface area contributed by atoms with Crippen molar-refractivity contribution in [2.45, 2.75) is 26.0 Å². The van der Waals surface area contributed by atoms with E-state index in [0.29, 0.717) is 17.1 Å². The minimum atomic E-state index is -0.853. The van der Waals surface area contributed by atoms with Gasteiger partial charge in [-0.15, -0.1) is 0 Å². The zero-order valence-electron chi connectivity index (χ0n) is 14.1. The van der Waals surface area contributed by atoms with E-state index in [1.54, 1.807) is 32.0 Å². The Morgan fingerprint density at radius 1 is 1.23 bits per heavy atom. The van der Waals surface area contributed by atoms with Crippen molar-refractivity contribution >= 4 is 28.9 Å². The number of carbonyl (C=O) groups is 2. The van der Waals surface area contributed by atoms with Gasteiger partial charge in [0.15, 0.2) is 6.10 Å². The number of benzene rings is 2. The second kappa shape index (κ2) is 6.99. The van der Waals surface area contributed by atoms with Gasteiger partial charge in [-0.2, -0.15) is 0 Å². The minimum Gasteiger partial charge on any atom is -0.479 e. The lowest BCUT2D eigenvalue weighted by Crippen LogP contribution is -2.35. The Labute approximate surface area is 148 Å². The monoisotopic (exact) mass is 361 g/mol. The molecule has 2 atom stereocenters. The van der Waals surface area contributed by atoms with Crippen molar-refractivity contribution in [1.82, 2.24) is 0 Å². The Balaban J connectivity index is 1.70. The molecule has 1 heterocycles. The molecule has 3 N–H and O–H groups in total. The highest BCUT2D eigenvalue weighted by Crippen LogP contribution is 2.32. The molecule has 0 radical (unpaired) electrons. The van der Waals surface area contributed by atoms with Crippen LogP contribution >= 0.6 is 0 Å². The summed E-state index contributed by atoms with van der Waals surface area (Å²) in [5.41, 5.74) is 0.524. The maximum absolute atomic E-state index is 13.6. The van der Waals surface area contributed by atoms with Gasteiger partial charge in [0.05, 0.1) is 5.69 Å². The number of anilines is 3. The largest absolute Gasteiger partial charge is 0.479 e. The summed E-state index contributed by atoms with van der Waals surface area (Å²) in [6.07, 6.45) is -0.582. The number of para-hydroxylation sites is 1. The zero-order valence-corrected chi connectivity index (χ0v) is 14.1. The molecule has 0 aliphatic carbocycles. The molecule has 2 amide bonds. The van der Waals surface area contributed by atoms with Crippen LogP contribution in [0.1, 0.15) is 13.8 Å². The topological polar surface area (TPSA) is 79.5 Å². The lowest BCUT2D eigenvalue weighted by molar-refractivity contribution is -0.122. The molecule has 1 aliphatic rings. The molecule has 0 bridgehead atoms. The van der Waals surface area contributed by atoms with Crippen LogP contribution in [0.3, 0.4) is 0 Å². The Morgan fingerprint density at radius 3 is 2.62 bits per heavy atom. The summed E-state index contributed by atoms with van der Waals surface area (Å²) >= 11 is 0. The van der Waals surface area contributed by atoms with E-state index in [2.05, 4.69) is 16.0 Å². The van der Waals surface area contributed by atoms with Crippen LogP contribution in [0.4, 0.5) is 25.8 Å². The van der Waals surface area contributed by atoms with Crippen LogP contribution in [0.25, 0.3) is 0 Å². The first-order chi connectivity index (χ1) is 12.3. The first-order valence-electron chi connectivity index (χ1n) is 7.98. The second-order valence-electron chi connectivity index (χ2n) is 5.91. The Morgan fingerprint density at radius 2 is 1.92 bits per heavy atom. The van der Waals surface area contributed by atoms with Gasteiger partial charge in [-0.3, -0.25) is 9.59 Å². The quantitative estimate of drug-likeness (QED) is 0.782. The SMILES string of the molecule is CC(Nc1ccc2c(c1)NC(=O)C(C)O2)C(=O)Nc1c(F)cccc1F. The number of carbonyl (C=O) groups excluding carboxylic acids is 2. The fourth-order valence-electron chi connectivity index (χ4n) is 2.46. The Kier molecular flexibility index (Phi) is 4.75. The minimum absolute atomic E-state index is 0.268. The Bertz CT molecular complexity index is 853. The number of hydrogen-bond acceptors (Lipinski definition) is 4. The van der Waals surface area contributed by atoms with Gasteiger partial charge >= 0.3 is 0 Å². The maximum Gasteiger partial charge on any atom is 0.265 e. The number of nitrogens with one attached hydrogen (secondary N) is 3. The summed E-state index contributed by atoms with van der Waals surface area (Å²) in [4.78, 5) is 23.9. The fourth-order valence-corrected chi connectivity index (χ4v) is 2.46. The average Bonchev–Trinajstić information content (AvgIpc) is 2.59. The van der Waals surface area contributed by atoms with E-state index in [-0.39, 0.29) is 5.91 Å². The van der Waals surface area contributed by atoms with Crippen molar-refractivity contribution in [3.05, 3.63) is 48.0 Å². The van der Waals surface area contributed by atoms with Crippen LogP contribution in [0.15, 0.2) is 36.4 Å². The second-order valence-corrected chi connectivity index (χ2v) is 5.91. The third-order valence-corrected chi connectivity index (χ3v) is 3.90. The van der Waals surface area contributed by atoms with Gasteiger partial charge in [0.2, 0.25) is 5.91 Å². The predicted molar refractivity (Wildman–Crippen MR) is 93.2 cm³/mol. The van der Waals surface area contributed by atoms with E-state index < -0.39 is 35.4 Å². The summed E-state index contributed by atoms with van der Waals surface area (Å²) in [6, 6.07) is 7.50. The molecule has 0 saturated heterocycles. The molecule has 0 aromatic heterocycles. The van der Waals surface area contributed by atoms with E-state index >= 15 is 0 Å². The van der Waals surface area contributed by atoms with Crippen LogP contribution in [-0.2, 0) is 9.59 Å². The summed E-state index contributed by atoms with van der Waals surface area (Å²) in [7, 11) is 0. The molecule has 2 unspecified atom stereocenters. The average molecular weight is 361 g/mol. The van der Waals surface area contributed by atoms with Crippen molar-refractivity contribution in [3.8, 4) is 5.75 Å². The molecule has 8 heteroatoms. The standard InChI is InChI=1S/C18H17F2N3O3/c1-9(17(24)23-16-12(19)4-3-5-13(16)20)21-11-6-7-15-14(8-11)22-18(25)10(2)26-15/h3-10,21H,1-2H3,(H,22,25)(H,23,24). The van der Waals surface area contributed by atoms with Gasteiger partial charge in [-0.05, 0) is 44.2 Å². The zero-order chi connectivity index (χ0) is 18.8. The first kappa shape index (κ1) is 17.7. The third-order valence-electron chi connectivity index (χ3n) is 3.90. The molecule has 1 aliphatic heterocycles. The molecule has 136 valence electrons. The van der Waals surface area contributed by atoms with Gasteiger partial charge < -0.3 is 20.7 Å². The number of hydrogen-bond donors (Lipinski definition) is 3. The molecule has 2 aromatic rings. The van der Waals surface area contributed by atoms with Crippen molar-refractivity contribution < 1.29 is 23.1 Å². The smallest absolute Gasteiger partial charge is 0.265 e. The molecule has 6 nitrogen and oxygen atoms in total. The fraction of sp³-hybridized carbons (Fsp3) is 0.222. The highest BCUT2D eigenvalue weighted by molar-refractivity contribution is 5.99. The summed E-state index contributed by atoms with van der Waals surface area (Å²) in [6.45, 7) is 3.18. The number of amides is 2. The van der Waals surface area contributed by atoms with Gasteiger partial charge in [-0.1, -0.05) is 6.07 Å². The maximum atomic E-state index is 13.6. The Hall–Kier alpha value is -3.16.